The molecule has 0 aromatic heterocycles. The highest BCUT2D eigenvalue weighted by atomic mass is 16.2. The molecule has 2 aliphatic heterocycles. The molecule has 2 saturated carbocycles. The van der Waals surface area contributed by atoms with Gasteiger partial charge < -0.3 is 16.0 Å². The molecule has 0 radical (unpaired) electrons. The van der Waals surface area contributed by atoms with E-state index >= 15 is 0 Å². The van der Waals surface area contributed by atoms with Crippen molar-refractivity contribution in [2.45, 2.75) is 63.3 Å². The Morgan fingerprint density at radius 2 is 2.04 bits per heavy atom. The second-order valence-corrected chi connectivity index (χ2v) is 8.76. The SMILES string of the molecule is N[C@@H]1C[C@@H]2CC(NCc3ccc4c(c3)CN(C3CCC(=O)NC3=O)C4=O)C[C@@H]21. The maximum absolute atomic E-state index is 12.7. The van der Waals surface area contributed by atoms with Crippen molar-refractivity contribution in [1.82, 2.24) is 15.5 Å². The van der Waals surface area contributed by atoms with Gasteiger partial charge in [-0.1, -0.05) is 12.1 Å². The molecular formula is C21H26N4O3. The van der Waals surface area contributed by atoms with Crippen LogP contribution < -0.4 is 16.4 Å². The Labute approximate surface area is 164 Å². The van der Waals surface area contributed by atoms with Gasteiger partial charge in [-0.15, -0.1) is 0 Å². The summed E-state index contributed by atoms with van der Waals surface area (Å²) < 4.78 is 0. The van der Waals surface area contributed by atoms with Gasteiger partial charge in [-0.2, -0.15) is 0 Å². The molecule has 2 heterocycles. The van der Waals surface area contributed by atoms with Gasteiger partial charge in [0.25, 0.3) is 5.91 Å². The minimum Gasteiger partial charge on any atom is -0.327 e. The Morgan fingerprint density at radius 1 is 1.18 bits per heavy atom. The molecule has 3 fully saturated rings. The van der Waals surface area contributed by atoms with Crippen LogP contribution in [-0.4, -0.2) is 40.7 Å². The summed E-state index contributed by atoms with van der Waals surface area (Å²) in [5, 5.41) is 5.99. The molecule has 2 aliphatic carbocycles. The Balaban J connectivity index is 1.23. The lowest BCUT2D eigenvalue weighted by molar-refractivity contribution is -0.136. The minimum absolute atomic E-state index is 0.120. The number of amides is 3. The zero-order valence-corrected chi connectivity index (χ0v) is 15.8. The highest BCUT2D eigenvalue weighted by Crippen LogP contribution is 2.46. The molecular weight excluding hydrogens is 356 g/mol. The van der Waals surface area contributed by atoms with Crippen LogP contribution in [0.5, 0.6) is 0 Å². The summed E-state index contributed by atoms with van der Waals surface area (Å²) in [4.78, 5) is 37.9. The van der Waals surface area contributed by atoms with Gasteiger partial charge in [0, 0.05) is 37.2 Å². The van der Waals surface area contributed by atoms with Crippen molar-refractivity contribution >= 4 is 17.7 Å². The van der Waals surface area contributed by atoms with E-state index in [4.69, 9.17) is 5.73 Å². The predicted molar refractivity (Wildman–Crippen MR) is 102 cm³/mol. The molecule has 4 aliphatic rings. The van der Waals surface area contributed by atoms with Crippen molar-refractivity contribution in [2.75, 3.05) is 0 Å². The number of rotatable bonds is 4. The molecule has 28 heavy (non-hydrogen) atoms. The largest absolute Gasteiger partial charge is 0.327 e. The van der Waals surface area contributed by atoms with E-state index in [1.165, 1.54) is 19.3 Å². The van der Waals surface area contributed by atoms with Crippen molar-refractivity contribution in [1.29, 1.82) is 0 Å². The molecule has 0 spiro atoms. The Bertz CT molecular complexity index is 854. The molecule has 3 amide bonds. The van der Waals surface area contributed by atoms with E-state index in [9.17, 15) is 14.4 Å². The van der Waals surface area contributed by atoms with Gasteiger partial charge in [0.2, 0.25) is 11.8 Å². The van der Waals surface area contributed by atoms with Gasteiger partial charge in [-0.3, -0.25) is 19.7 Å². The second kappa shape index (κ2) is 6.67. The molecule has 5 atom stereocenters. The Hall–Kier alpha value is -2.25. The first-order valence-electron chi connectivity index (χ1n) is 10.2. The van der Waals surface area contributed by atoms with Crippen LogP contribution in [0.2, 0.25) is 0 Å². The first-order valence-corrected chi connectivity index (χ1v) is 10.2. The number of carbonyl (C=O) groups is 3. The fourth-order valence-electron chi connectivity index (χ4n) is 5.45. The van der Waals surface area contributed by atoms with Crippen LogP contribution in [0.3, 0.4) is 0 Å². The van der Waals surface area contributed by atoms with Crippen LogP contribution in [0.1, 0.15) is 53.6 Å². The summed E-state index contributed by atoms with van der Waals surface area (Å²) in [7, 11) is 0. The fraction of sp³-hybridized carbons (Fsp3) is 0.571. The van der Waals surface area contributed by atoms with Crippen molar-refractivity contribution in [3.63, 3.8) is 0 Å². The van der Waals surface area contributed by atoms with Crippen LogP contribution in [0, 0.1) is 11.8 Å². The summed E-state index contributed by atoms with van der Waals surface area (Å²) in [6, 6.07) is 6.29. The smallest absolute Gasteiger partial charge is 0.255 e. The number of hydrogen-bond donors (Lipinski definition) is 3. The molecule has 7 nitrogen and oxygen atoms in total. The van der Waals surface area contributed by atoms with Gasteiger partial charge in [-0.05, 0) is 54.7 Å². The Kier molecular flexibility index (Phi) is 4.25. The van der Waals surface area contributed by atoms with E-state index in [2.05, 4.69) is 16.7 Å². The zero-order chi connectivity index (χ0) is 19.4. The van der Waals surface area contributed by atoms with Crippen LogP contribution in [0.4, 0.5) is 0 Å². The third kappa shape index (κ3) is 2.93. The lowest BCUT2D eigenvalue weighted by atomic mass is 9.72. The summed E-state index contributed by atoms with van der Waals surface area (Å²) in [5.74, 6) is 0.739. The molecule has 7 heteroatoms. The van der Waals surface area contributed by atoms with Gasteiger partial charge in [0.1, 0.15) is 6.04 Å². The van der Waals surface area contributed by atoms with E-state index < -0.39 is 6.04 Å². The van der Waals surface area contributed by atoms with Crippen LogP contribution >= 0.6 is 0 Å². The van der Waals surface area contributed by atoms with E-state index in [0.717, 1.165) is 23.6 Å². The van der Waals surface area contributed by atoms with E-state index in [0.29, 0.717) is 36.5 Å². The van der Waals surface area contributed by atoms with Crippen LogP contribution in [0.15, 0.2) is 18.2 Å². The monoisotopic (exact) mass is 382 g/mol. The highest BCUT2D eigenvalue weighted by molar-refractivity contribution is 6.05. The number of piperidine rings is 1. The van der Waals surface area contributed by atoms with Gasteiger partial charge in [-0.25, -0.2) is 0 Å². The number of nitrogens with one attached hydrogen (secondary N) is 2. The summed E-state index contributed by atoms with van der Waals surface area (Å²) >= 11 is 0. The number of fused-ring (bicyclic) bond motifs is 2. The first kappa shape index (κ1) is 17.8. The standard InChI is InChI=1S/C21H26N4O3/c22-17-7-12-6-14(8-16(12)17)23-9-11-1-2-15-13(5-11)10-25(21(15)28)18-3-4-19(26)24-20(18)27/h1-2,5,12,14,16-18,23H,3-4,6-10,22H2,(H,24,26,27)/t12-,14?,16-,17+,18?/m0/s1. The number of carbonyl (C=O) groups excluding carboxylic acids is 3. The average Bonchev–Trinajstić information content (AvgIpc) is 3.17. The van der Waals surface area contributed by atoms with Gasteiger partial charge in [0.05, 0.1) is 0 Å². The van der Waals surface area contributed by atoms with E-state index in [1.807, 2.05) is 12.1 Å². The van der Waals surface area contributed by atoms with Crippen molar-refractivity contribution < 1.29 is 14.4 Å². The number of hydrogen-bond acceptors (Lipinski definition) is 5. The van der Waals surface area contributed by atoms with Crippen molar-refractivity contribution in [2.24, 2.45) is 17.6 Å². The lowest BCUT2D eigenvalue weighted by Crippen LogP contribution is -2.52. The first-order chi connectivity index (χ1) is 13.5. The summed E-state index contributed by atoms with van der Waals surface area (Å²) in [5.41, 5.74) is 8.87. The highest BCUT2D eigenvalue weighted by Gasteiger charge is 2.45. The van der Waals surface area contributed by atoms with Gasteiger partial charge in [0.15, 0.2) is 0 Å². The number of benzene rings is 1. The molecule has 0 bridgehead atoms. The molecule has 1 aromatic carbocycles. The van der Waals surface area contributed by atoms with E-state index in [-0.39, 0.29) is 24.1 Å². The third-order valence-electron chi connectivity index (χ3n) is 7.06. The minimum atomic E-state index is -0.558. The lowest BCUT2D eigenvalue weighted by Gasteiger charge is -2.37. The molecule has 2 unspecified atom stereocenters. The summed E-state index contributed by atoms with van der Waals surface area (Å²) in [6.07, 6.45) is 4.22. The summed E-state index contributed by atoms with van der Waals surface area (Å²) in [6.45, 7) is 1.20. The maximum atomic E-state index is 12.7. The normalized spacial score (nSPS) is 34.1. The maximum Gasteiger partial charge on any atom is 0.255 e. The predicted octanol–water partition coefficient (Wildman–Crippen LogP) is 0.663. The quantitative estimate of drug-likeness (QED) is 0.664. The van der Waals surface area contributed by atoms with Crippen LogP contribution in [0.25, 0.3) is 0 Å². The Morgan fingerprint density at radius 3 is 2.79 bits per heavy atom. The van der Waals surface area contributed by atoms with Crippen molar-refractivity contribution in [3.05, 3.63) is 34.9 Å². The number of nitrogens with zero attached hydrogens (tertiary/aromatic N) is 1. The van der Waals surface area contributed by atoms with Crippen molar-refractivity contribution in [3.8, 4) is 0 Å². The second-order valence-electron chi connectivity index (χ2n) is 8.76. The van der Waals surface area contributed by atoms with Gasteiger partial charge >= 0.3 is 0 Å². The number of nitrogens with two attached hydrogens (primary N) is 1. The molecule has 1 aromatic rings. The van der Waals surface area contributed by atoms with Crippen LogP contribution in [-0.2, 0) is 22.7 Å². The molecule has 4 N–H and O–H groups in total. The average molecular weight is 382 g/mol. The number of imide groups is 1. The van der Waals surface area contributed by atoms with E-state index in [1.54, 1.807) is 4.90 Å². The fourth-order valence-corrected chi connectivity index (χ4v) is 5.45. The topological polar surface area (TPSA) is 105 Å². The molecule has 148 valence electrons. The zero-order valence-electron chi connectivity index (χ0n) is 15.8. The third-order valence-corrected chi connectivity index (χ3v) is 7.06. The molecule has 1 saturated heterocycles. The molecule has 5 rings (SSSR count).